The lowest BCUT2D eigenvalue weighted by Gasteiger charge is -2.26. The van der Waals surface area contributed by atoms with Crippen LogP contribution in [-0.4, -0.2) is 23.3 Å². The van der Waals surface area contributed by atoms with Gasteiger partial charge in [-0.25, -0.2) is 0 Å². The Labute approximate surface area is 95.5 Å². The fourth-order valence-electron chi connectivity index (χ4n) is 1.47. The summed E-state index contributed by atoms with van der Waals surface area (Å²) in [4.78, 5) is 0. The lowest BCUT2D eigenvalue weighted by molar-refractivity contribution is 0.0443. The van der Waals surface area contributed by atoms with Gasteiger partial charge in [0.05, 0.1) is 5.60 Å². The fraction of sp³-hybridized carbons (Fsp3) is 1.00. The molecule has 0 saturated carbocycles. The molecule has 0 aliphatic carbocycles. The number of hydrogen-bond donors (Lipinski definition) is 2. The maximum Gasteiger partial charge on any atom is 0.0741 e. The van der Waals surface area contributed by atoms with E-state index in [0.29, 0.717) is 0 Å². The van der Waals surface area contributed by atoms with Crippen molar-refractivity contribution in [2.45, 2.75) is 77.9 Å². The maximum atomic E-state index is 9.70. The number of rotatable bonds is 9. The van der Waals surface area contributed by atoms with Crippen molar-refractivity contribution in [3.8, 4) is 0 Å². The number of unbranched alkanes of at least 4 members (excludes halogenated alkanes) is 5. The van der Waals surface area contributed by atoms with Gasteiger partial charge in [0.25, 0.3) is 0 Å². The molecule has 0 amide bonds. The van der Waals surface area contributed by atoms with Gasteiger partial charge in [0.2, 0.25) is 0 Å². The molecule has 0 aromatic heterocycles. The Morgan fingerprint density at radius 3 is 2.13 bits per heavy atom. The molecule has 1 atom stereocenters. The molecule has 0 aliphatic heterocycles. The predicted octanol–water partition coefficient (Wildman–Crippen LogP) is 3.10. The van der Waals surface area contributed by atoms with Crippen LogP contribution in [0.2, 0.25) is 0 Å². The Bertz CT molecular complexity index is 140. The molecule has 0 aromatic carbocycles. The summed E-state index contributed by atoms with van der Waals surface area (Å²) in [5.74, 6) is 0. The van der Waals surface area contributed by atoms with E-state index in [1.165, 1.54) is 38.5 Å². The van der Waals surface area contributed by atoms with Crippen molar-refractivity contribution in [1.82, 2.24) is 5.32 Å². The number of nitrogens with one attached hydrogen (secondary N) is 1. The largest absolute Gasteiger partial charge is 0.389 e. The van der Waals surface area contributed by atoms with E-state index in [9.17, 15) is 5.11 Å². The summed E-state index contributed by atoms with van der Waals surface area (Å²) in [5.41, 5.74) is -0.609. The maximum absolute atomic E-state index is 9.70. The summed E-state index contributed by atoms with van der Waals surface area (Å²) in [5, 5.41) is 13.1. The summed E-state index contributed by atoms with van der Waals surface area (Å²) in [6.45, 7) is 9.01. The summed E-state index contributed by atoms with van der Waals surface area (Å²) in [6.07, 6.45) is 7.95. The van der Waals surface area contributed by atoms with E-state index in [-0.39, 0.29) is 6.04 Å². The summed E-state index contributed by atoms with van der Waals surface area (Å²) in [6, 6.07) is 0.174. The molecule has 2 nitrogen and oxygen atoms in total. The van der Waals surface area contributed by atoms with Crippen molar-refractivity contribution in [2.24, 2.45) is 0 Å². The van der Waals surface area contributed by atoms with Crippen LogP contribution in [-0.2, 0) is 0 Å². The Hall–Kier alpha value is -0.0800. The zero-order valence-corrected chi connectivity index (χ0v) is 11.0. The molecular weight excluding hydrogens is 186 g/mol. The van der Waals surface area contributed by atoms with Crippen LogP contribution in [0.25, 0.3) is 0 Å². The lowest BCUT2D eigenvalue weighted by atomic mass is 10.0. The van der Waals surface area contributed by atoms with Crippen molar-refractivity contribution in [1.29, 1.82) is 0 Å². The molecule has 0 radical (unpaired) electrons. The van der Waals surface area contributed by atoms with E-state index in [0.717, 1.165) is 6.54 Å². The van der Waals surface area contributed by atoms with Crippen LogP contribution >= 0.6 is 0 Å². The van der Waals surface area contributed by atoms with Crippen molar-refractivity contribution in [3.05, 3.63) is 0 Å². The first-order valence-electron chi connectivity index (χ1n) is 6.44. The molecule has 0 rings (SSSR count). The van der Waals surface area contributed by atoms with E-state index in [1.54, 1.807) is 0 Å². The highest BCUT2D eigenvalue weighted by Crippen LogP contribution is 2.08. The van der Waals surface area contributed by atoms with Gasteiger partial charge in [0.15, 0.2) is 0 Å². The van der Waals surface area contributed by atoms with Crippen LogP contribution in [0.1, 0.15) is 66.2 Å². The molecular formula is C13H29NO. The molecule has 0 fully saturated rings. The average molecular weight is 215 g/mol. The van der Waals surface area contributed by atoms with Crippen molar-refractivity contribution in [2.75, 3.05) is 6.54 Å². The highest BCUT2D eigenvalue weighted by Gasteiger charge is 2.20. The first-order valence-corrected chi connectivity index (χ1v) is 6.44. The SMILES string of the molecule is CCCCCCCCNC(C)C(C)(C)O. The van der Waals surface area contributed by atoms with Crippen LogP contribution < -0.4 is 5.32 Å². The molecule has 92 valence electrons. The van der Waals surface area contributed by atoms with Crippen molar-refractivity contribution < 1.29 is 5.11 Å². The minimum Gasteiger partial charge on any atom is -0.389 e. The normalized spacial score (nSPS) is 14.2. The molecule has 0 bridgehead atoms. The van der Waals surface area contributed by atoms with Gasteiger partial charge in [-0.05, 0) is 33.7 Å². The molecule has 0 heterocycles. The topological polar surface area (TPSA) is 32.3 Å². The first-order chi connectivity index (χ1) is 6.98. The monoisotopic (exact) mass is 215 g/mol. The van der Waals surface area contributed by atoms with E-state index >= 15 is 0 Å². The molecule has 1 unspecified atom stereocenters. The highest BCUT2D eigenvalue weighted by atomic mass is 16.3. The van der Waals surface area contributed by atoms with E-state index < -0.39 is 5.60 Å². The van der Waals surface area contributed by atoms with Crippen LogP contribution in [0, 0.1) is 0 Å². The van der Waals surface area contributed by atoms with Crippen molar-refractivity contribution >= 4 is 0 Å². The van der Waals surface area contributed by atoms with Gasteiger partial charge in [-0.2, -0.15) is 0 Å². The van der Waals surface area contributed by atoms with Gasteiger partial charge in [-0.15, -0.1) is 0 Å². The molecule has 0 aromatic rings. The molecule has 0 saturated heterocycles. The smallest absolute Gasteiger partial charge is 0.0741 e. The second-order valence-corrected chi connectivity index (χ2v) is 5.10. The zero-order valence-electron chi connectivity index (χ0n) is 11.0. The third-order valence-corrected chi connectivity index (χ3v) is 3.04. The van der Waals surface area contributed by atoms with Gasteiger partial charge < -0.3 is 10.4 Å². The second kappa shape index (κ2) is 8.12. The Balaban J connectivity index is 3.24. The highest BCUT2D eigenvalue weighted by molar-refractivity contribution is 4.79. The minimum atomic E-state index is -0.609. The van der Waals surface area contributed by atoms with Crippen LogP contribution in [0.5, 0.6) is 0 Å². The van der Waals surface area contributed by atoms with Gasteiger partial charge in [-0.1, -0.05) is 39.0 Å². The predicted molar refractivity (Wildman–Crippen MR) is 67.1 cm³/mol. The molecule has 15 heavy (non-hydrogen) atoms. The molecule has 0 spiro atoms. The van der Waals surface area contributed by atoms with Gasteiger partial charge >= 0.3 is 0 Å². The standard InChI is InChI=1S/C13H29NO/c1-5-6-7-8-9-10-11-14-12(2)13(3,4)15/h12,14-15H,5-11H2,1-4H3. The second-order valence-electron chi connectivity index (χ2n) is 5.10. The van der Waals surface area contributed by atoms with E-state index in [2.05, 4.69) is 12.2 Å². The fourth-order valence-corrected chi connectivity index (χ4v) is 1.47. The third kappa shape index (κ3) is 8.88. The van der Waals surface area contributed by atoms with Gasteiger partial charge in [-0.3, -0.25) is 0 Å². The first kappa shape index (κ1) is 14.9. The van der Waals surface area contributed by atoms with Crippen molar-refractivity contribution in [3.63, 3.8) is 0 Å². The Kier molecular flexibility index (Phi) is 8.07. The van der Waals surface area contributed by atoms with Crippen LogP contribution in [0.4, 0.5) is 0 Å². The van der Waals surface area contributed by atoms with Crippen LogP contribution in [0.3, 0.4) is 0 Å². The average Bonchev–Trinajstić information content (AvgIpc) is 2.14. The molecule has 0 aliphatic rings. The molecule has 2 heteroatoms. The summed E-state index contributed by atoms with van der Waals surface area (Å²) >= 11 is 0. The minimum absolute atomic E-state index is 0.174. The lowest BCUT2D eigenvalue weighted by Crippen LogP contribution is -2.44. The number of hydrogen-bond acceptors (Lipinski definition) is 2. The third-order valence-electron chi connectivity index (χ3n) is 3.04. The Morgan fingerprint density at radius 2 is 1.60 bits per heavy atom. The zero-order chi connectivity index (χ0) is 11.7. The van der Waals surface area contributed by atoms with Crippen LogP contribution in [0.15, 0.2) is 0 Å². The van der Waals surface area contributed by atoms with Gasteiger partial charge in [0, 0.05) is 6.04 Å². The van der Waals surface area contributed by atoms with E-state index in [1.807, 2.05) is 20.8 Å². The Morgan fingerprint density at radius 1 is 1.07 bits per heavy atom. The van der Waals surface area contributed by atoms with E-state index in [4.69, 9.17) is 0 Å². The summed E-state index contributed by atoms with van der Waals surface area (Å²) in [7, 11) is 0. The quantitative estimate of drug-likeness (QED) is 0.579. The van der Waals surface area contributed by atoms with Gasteiger partial charge in [0.1, 0.15) is 0 Å². The number of aliphatic hydroxyl groups is 1. The molecule has 2 N–H and O–H groups in total. The summed E-state index contributed by atoms with van der Waals surface area (Å²) < 4.78 is 0.